The largest absolute Gasteiger partial charge is 0.382 e. The van der Waals surface area contributed by atoms with Gasteiger partial charge in [-0.05, 0) is 12.1 Å². The Labute approximate surface area is 111 Å². The highest BCUT2D eigenvalue weighted by atomic mass is 79.9. The standard InChI is InChI=1S/C12H19BrN2O2/c1-16-8-9(17-2)7-15-12-5-3-4-11(13)10(12)6-14/h3-5,9,15H,6-8,14H2,1-2H3. The fraction of sp³-hybridized carbons (Fsp3) is 0.500. The molecule has 3 N–H and O–H groups in total. The van der Waals surface area contributed by atoms with Gasteiger partial charge in [0.15, 0.2) is 0 Å². The number of ether oxygens (including phenoxy) is 2. The summed E-state index contributed by atoms with van der Waals surface area (Å²) >= 11 is 3.49. The molecule has 0 aliphatic rings. The molecule has 5 heteroatoms. The lowest BCUT2D eigenvalue weighted by Gasteiger charge is -2.18. The molecule has 0 saturated carbocycles. The second kappa shape index (κ2) is 7.66. The lowest BCUT2D eigenvalue weighted by atomic mass is 10.1. The minimum atomic E-state index is 0.0320. The molecule has 0 saturated heterocycles. The van der Waals surface area contributed by atoms with Gasteiger partial charge in [-0.2, -0.15) is 0 Å². The van der Waals surface area contributed by atoms with Crippen LogP contribution in [-0.2, 0) is 16.0 Å². The molecule has 0 aliphatic carbocycles. The van der Waals surface area contributed by atoms with E-state index in [4.69, 9.17) is 15.2 Å². The van der Waals surface area contributed by atoms with Crippen molar-refractivity contribution in [2.45, 2.75) is 12.6 Å². The molecule has 96 valence electrons. The van der Waals surface area contributed by atoms with Crippen LogP contribution in [0.25, 0.3) is 0 Å². The van der Waals surface area contributed by atoms with Crippen molar-refractivity contribution >= 4 is 21.6 Å². The van der Waals surface area contributed by atoms with Gasteiger partial charge >= 0.3 is 0 Å². The highest BCUT2D eigenvalue weighted by Crippen LogP contribution is 2.24. The van der Waals surface area contributed by atoms with E-state index in [0.29, 0.717) is 19.7 Å². The molecule has 0 aromatic heterocycles. The smallest absolute Gasteiger partial charge is 0.0976 e. The Bertz CT molecular complexity index is 347. The Balaban J connectivity index is 2.65. The third kappa shape index (κ3) is 4.27. The third-order valence-corrected chi connectivity index (χ3v) is 3.27. The van der Waals surface area contributed by atoms with E-state index < -0.39 is 0 Å². The van der Waals surface area contributed by atoms with Crippen molar-refractivity contribution in [2.75, 3.05) is 32.7 Å². The van der Waals surface area contributed by atoms with Crippen LogP contribution in [0.2, 0.25) is 0 Å². The number of benzene rings is 1. The van der Waals surface area contributed by atoms with E-state index in [-0.39, 0.29) is 6.10 Å². The highest BCUT2D eigenvalue weighted by Gasteiger charge is 2.09. The van der Waals surface area contributed by atoms with Crippen molar-refractivity contribution in [3.8, 4) is 0 Å². The number of hydrogen-bond donors (Lipinski definition) is 2. The molecule has 0 bridgehead atoms. The molecular formula is C12H19BrN2O2. The average Bonchev–Trinajstić information content (AvgIpc) is 2.34. The summed E-state index contributed by atoms with van der Waals surface area (Å²) in [5.41, 5.74) is 7.82. The number of nitrogens with two attached hydrogens (primary N) is 1. The molecule has 0 radical (unpaired) electrons. The third-order valence-electron chi connectivity index (χ3n) is 2.53. The second-order valence-electron chi connectivity index (χ2n) is 3.66. The SMILES string of the molecule is COCC(CNc1cccc(Br)c1CN)OC. The van der Waals surface area contributed by atoms with E-state index in [1.807, 2.05) is 18.2 Å². The van der Waals surface area contributed by atoms with Crippen molar-refractivity contribution < 1.29 is 9.47 Å². The van der Waals surface area contributed by atoms with Crippen LogP contribution >= 0.6 is 15.9 Å². The van der Waals surface area contributed by atoms with Crippen LogP contribution in [0.4, 0.5) is 5.69 Å². The Morgan fingerprint density at radius 2 is 2.18 bits per heavy atom. The zero-order valence-electron chi connectivity index (χ0n) is 10.2. The molecule has 1 rings (SSSR count). The van der Waals surface area contributed by atoms with Crippen molar-refractivity contribution in [2.24, 2.45) is 5.73 Å². The van der Waals surface area contributed by atoms with Crippen LogP contribution in [0.3, 0.4) is 0 Å². The number of methoxy groups -OCH3 is 2. The lowest BCUT2D eigenvalue weighted by molar-refractivity contribution is 0.0365. The van der Waals surface area contributed by atoms with Crippen molar-refractivity contribution in [3.63, 3.8) is 0 Å². The maximum Gasteiger partial charge on any atom is 0.0976 e. The van der Waals surface area contributed by atoms with E-state index in [1.165, 1.54) is 0 Å². The van der Waals surface area contributed by atoms with Gasteiger partial charge in [-0.3, -0.25) is 0 Å². The van der Waals surface area contributed by atoms with Gasteiger partial charge in [0.05, 0.1) is 12.7 Å². The highest BCUT2D eigenvalue weighted by molar-refractivity contribution is 9.10. The van der Waals surface area contributed by atoms with E-state index in [9.17, 15) is 0 Å². The van der Waals surface area contributed by atoms with Crippen LogP contribution in [0.1, 0.15) is 5.56 Å². The lowest BCUT2D eigenvalue weighted by Crippen LogP contribution is -2.27. The van der Waals surface area contributed by atoms with Gasteiger partial charge in [0, 0.05) is 43.0 Å². The Morgan fingerprint density at radius 3 is 2.76 bits per heavy atom. The normalized spacial score (nSPS) is 12.5. The van der Waals surface area contributed by atoms with Gasteiger partial charge in [0.2, 0.25) is 0 Å². The quantitative estimate of drug-likeness (QED) is 0.809. The van der Waals surface area contributed by atoms with Crippen LogP contribution < -0.4 is 11.1 Å². The summed E-state index contributed by atoms with van der Waals surface area (Å²) in [6.45, 7) is 1.74. The number of anilines is 1. The monoisotopic (exact) mass is 302 g/mol. The van der Waals surface area contributed by atoms with Crippen LogP contribution in [0.15, 0.2) is 22.7 Å². The summed E-state index contributed by atoms with van der Waals surface area (Å²) in [4.78, 5) is 0. The molecule has 0 fully saturated rings. The molecule has 1 aromatic rings. The van der Waals surface area contributed by atoms with Crippen LogP contribution in [0, 0.1) is 0 Å². The minimum absolute atomic E-state index is 0.0320. The molecule has 0 amide bonds. The molecule has 0 spiro atoms. The second-order valence-corrected chi connectivity index (χ2v) is 4.52. The number of hydrogen-bond acceptors (Lipinski definition) is 4. The van der Waals surface area contributed by atoms with Gasteiger partial charge in [0.25, 0.3) is 0 Å². The summed E-state index contributed by atoms with van der Waals surface area (Å²) in [5, 5.41) is 3.33. The summed E-state index contributed by atoms with van der Waals surface area (Å²) in [6, 6.07) is 5.96. The zero-order valence-corrected chi connectivity index (χ0v) is 11.8. The van der Waals surface area contributed by atoms with E-state index in [1.54, 1.807) is 14.2 Å². The van der Waals surface area contributed by atoms with Crippen molar-refractivity contribution in [3.05, 3.63) is 28.2 Å². The first-order valence-corrected chi connectivity index (χ1v) is 6.25. The van der Waals surface area contributed by atoms with Crippen molar-refractivity contribution in [1.82, 2.24) is 0 Å². The molecule has 4 nitrogen and oxygen atoms in total. The first kappa shape index (κ1) is 14.4. The molecular weight excluding hydrogens is 284 g/mol. The molecule has 1 aromatic carbocycles. The maximum absolute atomic E-state index is 5.72. The van der Waals surface area contributed by atoms with Crippen molar-refractivity contribution in [1.29, 1.82) is 0 Å². The Kier molecular flexibility index (Phi) is 6.50. The molecule has 1 atom stereocenters. The van der Waals surface area contributed by atoms with E-state index in [0.717, 1.165) is 15.7 Å². The van der Waals surface area contributed by atoms with Gasteiger partial charge < -0.3 is 20.5 Å². The summed E-state index contributed by atoms with van der Waals surface area (Å²) in [5.74, 6) is 0. The van der Waals surface area contributed by atoms with E-state index in [2.05, 4.69) is 21.2 Å². The predicted octanol–water partition coefficient (Wildman–Crippen LogP) is 1.98. The number of halogens is 1. The fourth-order valence-electron chi connectivity index (χ4n) is 1.55. The zero-order chi connectivity index (χ0) is 12.7. The predicted molar refractivity (Wildman–Crippen MR) is 73.2 cm³/mol. The van der Waals surface area contributed by atoms with Gasteiger partial charge in [-0.25, -0.2) is 0 Å². The first-order valence-electron chi connectivity index (χ1n) is 5.46. The molecule has 17 heavy (non-hydrogen) atoms. The van der Waals surface area contributed by atoms with Gasteiger partial charge in [0.1, 0.15) is 0 Å². The first-order chi connectivity index (χ1) is 8.22. The van der Waals surface area contributed by atoms with Gasteiger partial charge in [-0.15, -0.1) is 0 Å². The van der Waals surface area contributed by atoms with Gasteiger partial charge in [-0.1, -0.05) is 22.0 Å². The fourth-order valence-corrected chi connectivity index (χ4v) is 2.08. The van der Waals surface area contributed by atoms with Crippen LogP contribution in [-0.4, -0.2) is 33.5 Å². The Morgan fingerprint density at radius 1 is 1.41 bits per heavy atom. The maximum atomic E-state index is 5.72. The molecule has 0 aliphatic heterocycles. The molecule has 0 heterocycles. The topological polar surface area (TPSA) is 56.5 Å². The minimum Gasteiger partial charge on any atom is -0.382 e. The molecule has 1 unspecified atom stereocenters. The number of rotatable bonds is 7. The van der Waals surface area contributed by atoms with Crippen LogP contribution in [0.5, 0.6) is 0 Å². The average molecular weight is 303 g/mol. The Hall–Kier alpha value is -0.620. The summed E-state index contributed by atoms with van der Waals surface area (Å²) in [6.07, 6.45) is 0.0320. The summed E-state index contributed by atoms with van der Waals surface area (Å²) in [7, 11) is 3.34. The summed E-state index contributed by atoms with van der Waals surface area (Å²) < 4.78 is 11.4. The van der Waals surface area contributed by atoms with E-state index >= 15 is 0 Å². The number of nitrogens with one attached hydrogen (secondary N) is 1.